The van der Waals surface area contributed by atoms with Crippen LogP contribution in [0, 0.1) is 0 Å². The summed E-state index contributed by atoms with van der Waals surface area (Å²) in [5, 5.41) is 5.76. The Hall–Kier alpha value is -2.13. The summed E-state index contributed by atoms with van der Waals surface area (Å²) in [5.41, 5.74) is 0. The van der Waals surface area contributed by atoms with Gasteiger partial charge in [-0.1, -0.05) is 6.92 Å². The fourth-order valence-corrected chi connectivity index (χ4v) is 1.50. The molecule has 0 saturated heterocycles. The maximum Gasteiger partial charge on any atom is 0.427 e. The van der Waals surface area contributed by atoms with Crippen LogP contribution in [0.1, 0.15) is 20.3 Å². The zero-order valence-electron chi connectivity index (χ0n) is 11.4. The molecule has 2 atom stereocenters. The summed E-state index contributed by atoms with van der Waals surface area (Å²) in [6.07, 6.45) is -4.85. The van der Waals surface area contributed by atoms with Gasteiger partial charge >= 0.3 is 12.1 Å². The lowest BCUT2D eigenvalue weighted by atomic mass is 10.2. The van der Waals surface area contributed by atoms with Crippen molar-refractivity contribution in [1.82, 2.24) is 20.1 Å². The van der Waals surface area contributed by atoms with E-state index in [1.165, 1.54) is 0 Å². The number of rotatable bonds is 6. The fourth-order valence-electron chi connectivity index (χ4n) is 1.50. The van der Waals surface area contributed by atoms with E-state index in [2.05, 4.69) is 20.1 Å². The van der Waals surface area contributed by atoms with E-state index in [9.17, 15) is 22.8 Å². The Kier molecular flexibility index (Phi) is 5.68. The van der Waals surface area contributed by atoms with Crippen molar-refractivity contribution in [2.24, 2.45) is 0 Å². The zero-order chi connectivity index (χ0) is 16.0. The van der Waals surface area contributed by atoms with Crippen LogP contribution < -0.4 is 5.32 Å². The number of ether oxygens (including phenoxy) is 1. The second kappa shape index (κ2) is 7.04. The van der Waals surface area contributed by atoms with Crippen LogP contribution in [0.4, 0.5) is 13.2 Å². The number of nitrogens with zero attached hydrogens (tertiary/aromatic N) is 3. The molecule has 1 aromatic rings. The van der Waals surface area contributed by atoms with E-state index in [1.54, 1.807) is 6.92 Å². The summed E-state index contributed by atoms with van der Waals surface area (Å²) in [6.45, 7) is 2.00. The van der Waals surface area contributed by atoms with Crippen molar-refractivity contribution in [1.29, 1.82) is 0 Å². The van der Waals surface area contributed by atoms with Crippen molar-refractivity contribution in [3.8, 4) is 0 Å². The molecule has 1 amide bonds. The van der Waals surface area contributed by atoms with Crippen LogP contribution in [-0.2, 0) is 20.9 Å². The van der Waals surface area contributed by atoms with Crippen LogP contribution in [0.5, 0.6) is 0 Å². The Labute approximate surface area is 118 Å². The van der Waals surface area contributed by atoms with E-state index >= 15 is 0 Å². The van der Waals surface area contributed by atoms with Gasteiger partial charge in [0.2, 0.25) is 12.0 Å². The number of carbonyl (C=O) groups excluding carboxylic acids is 2. The zero-order valence-corrected chi connectivity index (χ0v) is 11.4. The third-order valence-corrected chi connectivity index (χ3v) is 2.51. The molecule has 0 spiro atoms. The molecule has 0 aliphatic rings. The normalized spacial score (nSPS) is 14.3. The number of esters is 1. The Balaban J connectivity index is 2.76. The van der Waals surface area contributed by atoms with Gasteiger partial charge in [-0.2, -0.15) is 18.3 Å². The molecule has 7 nitrogen and oxygen atoms in total. The van der Waals surface area contributed by atoms with E-state index in [0.29, 0.717) is 0 Å². The van der Waals surface area contributed by atoms with Gasteiger partial charge in [0, 0.05) is 6.92 Å². The second-order valence-corrected chi connectivity index (χ2v) is 4.25. The van der Waals surface area contributed by atoms with Gasteiger partial charge in [0.1, 0.15) is 18.7 Å². The van der Waals surface area contributed by atoms with Crippen molar-refractivity contribution < 1.29 is 27.5 Å². The smallest absolute Gasteiger partial charge is 0.427 e. The molecule has 2 unspecified atom stereocenters. The maximum atomic E-state index is 12.9. The highest BCUT2D eigenvalue weighted by Gasteiger charge is 2.44. The fraction of sp³-hybridized carbons (Fsp3) is 0.636. The molecule has 10 heteroatoms. The molecule has 0 aliphatic heterocycles. The molecule has 0 saturated carbocycles. The van der Waals surface area contributed by atoms with Gasteiger partial charge in [-0.25, -0.2) is 14.5 Å². The predicted octanol–water partition coefficient (Wildman–Crippen LogP) is 0.667. The second-order valence-electron chi connectivity index (χ2n) is 4.25. The van der Waals surface area contributed by atoms with Crippen molar-refractivity contribution in [2.75, 3.05) is 0 Å². The lowest BCUT2D eigenvalue weighted by Gasteiger charge is -2.23. The minimum absolute atomic E-state index is 0.117. The standard InChI is InChI=1S/C11H15F3N4O3/c1-3-8(17-7(2)19)10(20)21-9(11(12,13)14)4-18-6-15-5-16-18/h5-6,8-9H,3-4H2,1-2H3,(H,17,19). The lowest BCUT2D eigenvalue weighted by molar-refractivity contribution is -0.225. The Morgan fingerprint density at radius 3 is 2.52 bits per heavy atom. The predicted molar refractivity (Wildman–Crippen MR) is 63.9 cm³/mol. The van der Waals surface area contributed by atoms with Crippen molar-refractivity contribution in [3.05, 3.63) is 12.7 Å². The third kappa shape index (κ3) is 5.40. The van der Waals surface area contributed by atoms with Crippen LogP contribution in [0.3, 0.4) is 0 Å². The average Bonchev–Trinajstić information content (AvgIpc) is 2.86. The topological polar surface area (TPSA) is 86.1 Å². The first kappa shape index (κ1) is 16.9. The average molecular weight is 308 g/mol. The number of halogens is 3. The van der Waals surface area contributed by atoms with E-state index in [0.717, 1.165) is 24.3 Å². The van der Waals surface area contributed by atoms with Crippen LogP contribution in [-0.4, -0.2) is 45.0 Å². The first-order chi connectivity index (χ1) is 9.74. The Morgan fingerprint density at radius 2 is 2.10 bits per heavy atom. The number of nitrogens with one attached hydrogen (secondary N) is 1. The molecule has 118 valence electrons. The molecular formula is C11H15F3N4O3. The van der Waals surface area contributed by atoms with Crippen LogP contribution in [0.25, 0.3) is 0 Å². The number of carbonyl (C=O) groups is 2. The largest absolute Gasteiger partial charge is 0.449 e. The summed E-state index contributed by atoms with van der Waals surface area (Å²) >= 11 is 0. The van der Waals surface area contributed by atoms with Crippen molar-refractivity contribution in [3.63, 3.8) is 0 Å². The Morgan fingerprint density at radius 1 is 1.43 bits per heavy atom. The number of amides is 1. The molecule has 0 fully saturated rings. The summed E-state index contributed by atoms with van der Waals surface area (Å²) < 4.78 is 44.0. The first-order valence-corrected chi connectivity index (χ1v) is 6.10. The molecular weight excluding hydrogens is 293 g/mol. The van der Waals surface area contributed by atoms with Gasteiger partial charge in [0.15, 0.2) is 0 Å². The highest BCUT2D eigenvalue weighted by molar-refractivity contribution is 5.83. The van der Waals surface area contributed by atoms with E-state index in [-0.39, 0.29) is 6.42 Å². The summed E-state index contributed by atoms with van der Waals surface area (Å²) in [7, 11) is 0. The van der Waals surface area contributed by atoms with Crippen molar-refractivity contribution in [2.45, 2.75) is 45.1 Å². The monoisotopic (exact) mass is 308 g/mol. The number of hydrogen-bond donors (Lipinski definition) is 1. The molecule has 0 aromatic carbocycles. The molecule has 0 radical (unpaired) electrons. The highest BCUT2D eigenvalue weighted by Crippen LogP contribution is 2.24. The van der Waals surface area contributed by atoms with Gasteiger partial charge in [-0.3, -0.25) is 4.79 Å². The lowest BCUT2D eigenvalue weighted by Crippen LogP contribution is -2.45. The van der Waals surface area contributed by atoms with Gasteiger partial charge in [-0.15, -0.1) is 0 Å². The van der Waals surface area contributed by atoms with Gasteiger partial charge in [-0.05, 0) is 6.42 Å². The van der Waals surface area contributed by atoms with Crippen molar-refractivity contribution >= 4 is 11.9 Å². The summed E-state index contributed by atoms with van der Waals surface area (Å²) in [4.78, 5) is 26.1. The SMILES string of the molecule is CCC(NC(C)=O)C(=O)OC(Cn1cncn1)C(F)(F)F. The number of alkyl halides is 3. The molecule has 1 N–H and O–H groups in total. The molecule has 21 heavy (non-hydrogen) atoms. The van der Waals surface area contributed by atoms with Crippen LogP contribution in [0.15, 0.2) is 12.7 Å². The highest BCUT2D eigenvalue weighted by atomic mass is 19.4. The molecule has 1 rings (SSSR count). The molecule has 0 bridgehead atoms. The number of aromatic nitrogens is 3. The maximum absolute atomic E-state index is 12.9. The molecule has 0 aliphatic carbocycles. The molecule has 1 heterocycles. The van der Waals surface area contributed by atoms with Gasteiger partial charge in [0.05, 0.1) is 6.54 Å². The number of hydrogen-bond acceptors (Lipinski definition) is 5. The van der Waals surface area contributed by atoms with E-state index in [1.807, 2.05) is 0 Å². The minimum Gasteiger partial charge on any atom is -0.449 e. The Bertz CT molecular complexity index is 476. The first-order valence-electron chi connectivity index (χ1n) is 6.10. The van der Waals surface area contributed by atoms with Crippen LogP contribution >= 0.6 is 0 Å². The minimum atomic E-state index is -4.75. The van der Waals surface area contributed by atoms with Gasteiger partial charge in [0.25, 0.3) is 0 Å². The van der Waals surface area contributed by atoms with E-state index < -0.39 is 36.7 Å². The van der Waals surface area contributed by atoms with Crippen LogP contribution in [0.2, 0.25) is 0 Å². The summed E-state index contributed by atoms with van der Waals surface area (Å²) in [5.74, 6) is -1.67. The quantitative estimate of drug-likeness (QED) is 0.781. The van der Waals surface area contributed by atoms with Gasteiger partial charge < -0.3 is 10.1 Å². The van der Waals surface area contributed by atoms with E-state index in [4.69, 9.17) is 0 Å². The summed E-state index contributed by atoms with van der Waals surface area (Å²) in [6, 6.07) is -1.12. The molecule has 1 aromatic heterocycles. The third-order valence-electron chi connectivity index (χ3n) is 2.51.